The first-order chi connectivity index (χ1) is 14.5. The van der Waals surface area contributed by atoms with Crippen molar-refractivity contribution >= 4 is 21.6 Å². The second-order valence-electron chi connectivity index (χ2n) is 6.60. The molecule has 2 rings (SSSR count). The number of carbonyl (C=O) groups excluding carboxylic acids is 1. The van der Waals surface area contributed by atoms with Gasteiger partial charge in [0, 0.05) is 17.3 Å². The van der Waals surface area contributed by atoms with Crippen LogP contribution in [0.5, 0.6) is 5.75 Å². The molecule has 11 heteroatoms. The number of sulfonamides is 1. The van der Waals surface area contributed by atoms with Crippen molar-refractivity contribution in [1.82, 2.24) is 5.32 Å². The zero-order valence-electron chi connectivity index (χ0n) is 16.9. The Labute approximate surface area is 178 Å². The van der Waals surface area contributed by atoms with Gasteiger partial charge in [0.05, 0.1) is 18.1 Å². The third-order valence-electron chi connectivity index (χ3n) is 3.83. The number of alkyl halides is 3. The van der Waals surface area contributed by atoms with Crippen LogP contribution in [0.3, 0.4) is 0 Å². The van der Waals surface area contributed by atoms with Crippen LogP contribution in [-0.2, 0) is 14.8 Å². The molecule has 1 unspecified atom stereocenters. The van der Waals surface area contributed by atoms with E-state index in [0.29, 0.717) is 12.4 Å². The van der Waals surface area contributed by atoms with Gasteiger partial charge in [-0.1, -0.05) is 6.07 Å². The summed E-state index contributed by atoms with van der Waals surface area (Å²) in [6, 6.07) is 10.9. The minimum atomic E-state index is -4.45. The number of benzene rings is 2. The third-order valence-corrected chi connectivity index (χ3v) is 5.23. The summed E-state index contributed by atoms with van der Waals surface area (Å²) in [7, 11) is -3.90. The summed E-state index contributed by atoms with van der Waals surface area (Å²) in [6.45, 7) is 2.02. The van der Waals surface area contributed by atoms with E-state index in [-0.39, 0.29) is 22.8 Å². The monoisotopic (exact) mass is 460 g/mol. The normalized spacial score (nSPS) is 12.8. The molecule has 7 nitrogen and oxygen atoms in total. The van der Waals surface area contributed by atoms with E-state index in [1.54, 1.807) is 0 Å². The molecule has 1 atom stereocenters. The van der Waals surface area contributed by atoms with Crippen molar-refractivity contribution in [1.29, 1.82) is 0 Å². The number of anilines is 1. The zero-order chi connectivity index (χ0) is 23.1. The van der Waals surface area contributed by atoms with Crippen molar-refractivity contribution in [2.75, 3.05) is 24.5 Å². The van der Waals surface area contributed by atoms with Crippen LogP contribution >= 0.6 is 0 Å². The predicted molar refractivity (Wildman–Crippen MR) is 109 cm³/mol. The van der Waals surface area contributed by atoms with Crippen molar-refractivity contribution in [3.63, 3.8) is 0 Å². The van der Waals surface area contributed by atoms with Gasteiger partial charge in [-0.3, -0.25) is 9.52 Å². The maximum absolute atomic E-state index is 12.6. The van der Waals surface area contributed by atoms with Gasteiger partial charge in [-0.05, 0) is 56.3 Å². The molecule has 0 aliphatic carbocycles. The van der Waals surface area contributed by atoms with Crippen LogP contribution in [0.1, 0.15) is 24.2 Å². The van der Waals surface area contributed by atoms with Gasteiger partial charge in [0.1, 0.15) is 12.4 Å². The van der Waals surface area contributed by atoms with Crippen LogP contribution in [-0.4, -0.2) is 46.4 Å². The van der Waals surface area contributed by atoms with Crippen LogP contribution in [0.2, 0.25) is 0 Å². The summed E-state index contributed by atoms with van der Waals surface area (Å²) in [6.07, 6.45) is -4.45. The van der Waals surface area contributed by atoms with Crippen LogP contribution in [0.4, 0.5) is 18.9 Å². The van der Waals surface area contributed by atoms with Gasteiger partial charge in [-0.2, -0.15) is 13.2 Å². The molecule has 2 N–H and O–H groups in total. The Kier molecular flexibility index (Phi) is 8.28. The van der Waals surface area contributed by atoms with Gasteiger partial charge in [-0.25, -0.2) is 8.42 Å². The van der Waals surface area contributed by atoms with Gasteiger partial charge in [0.2, 0.25) is 0 Å². The maximum atomic E-state index is 12.6. The van der Waals surface area contributed by atoms with Crippen LogP contribution in [0.25, 0.3) is 0 Å². The molecule has 0 aliphatic rings. The average Bonchev–Trinajstić information content (AvgIpc) is 2.67. The van der Waals surface area contributed by atoms with Gasteiger partial charge in [0.15, 0.2) is 0 Å². The minimum Gasteiger partial charge on any atom is -0.494 e. The van der Waals surface area contributed by atoms with Gasteiger partial charge in [0.25, 0.3) is 15.9 Å². The molecule has 2 aromatic carbocycles. The van der Waals surface area contributed by atoms with E-state index in [1.165, 1.54) is 55.5 Å². The molecule has 0 saturated heterocycles. The van der Waals surface area contributed by atoms with E-state index >= 15 is 0 Å². The van der Waals surface area contributed by atoms with Crippen LogP contribution < -0.4 is 14.8 Å². The lowest BCUT2D eigenvalue weighted by atomic mass is 10.2. The number of hydrogen-bond donors (Lipinski definition) is 2. The van der Waals surface area contributed by atoms with Crippen LogP contribution in [0, 0.1) is 0 Å². The molecular formula is C20H23F3N2O5S. The van der Waals surface area contributed by atoms with E-state index in [2.05, 4.69) is 14.8 Å². The van der Waals surface area contributed by atoms with Gasteiger partial charge in [-0.15, -0.1) is 0 Å². The van der Waals surface area contributed by atoms with Gasteiger partial charge < -0.3 is 14.8 Å². The molecule has 0 aromatic heterocycles. The number of nitrogens with one attached hydrogen (secondary N) is 2. The highest BCUT2D eigenvalue weighted by molar-refractivity contribution is 7.92. The second kappa shape index (κ2) is 10.5. The Morgan fingerprint density at radius 3 is 2.42 bits per heavy atom. The van der Waals surface area contributed by atoms with Crippen molar-refractivity contribution < 1.29 is 35.9 Å². The average molecular weight is 460 g/mol. The third kappa shape index (κ3) is 8.10. The summed E-state index contributed by atoms with van der Waals surface area (Å²) in [5.74, 6) is -0.0429. The van der Waals surface area contributed by atoms with E-state index in [4.69, 9.17) is 4.74 Å². The Hall–Kier alpha value is -2.79. The summed E-state index contributed by atoms with van der Waals surface area (Å²) in [5, 5.41) is 2.50. The molecule has 2 aromatic rings. The van der Waals surface area contributed by atoms with E-state index in [0.717, 1.165) is 0 Å². The largest absolute Gasteiger partial charge is 0.494 e. The first-order valence-electron chi connectivity index (χ1n) is 9.31. The van der Waals surface area contributed by atoms with Gasteiger partial charge >= 0.3 is 6.18 Å². The lowest BCUT2D eigenvalue weighted by Crippen LogP contribution is -2.36. The van der Waals surface area contributed by atoms with E-state index < -0.39 is 34.8 Å². The minimum absolute atomic E-state index is 0.0150. The molecule has 0 radical (unpaired) electrons. The number of amides is 1. The number of rotatable bonds is 10. The first-order valence-corrected chi connectivity index (χ1v) is 10.8. The molecule has 0 heterocycles. The lowest BCUT2D eigenvalue weighted by Gasteiger charge is -2.16. The summed E-state index contributed by atoms with van der Waals surface area (Å²) < 4.78 is 73.7. The first kappa shape index (κ1) is 24.5. The molecule has 0 saturated carbocycles. The van der Waals surface area contributed by atoms with Crippen molar-refractivity contribution in [3.8, 4) is 5.75 Å². The van der Waals surface area contributed by atoms with Crippen molar-refractivity contribution in [2.45, 2.75) is 31.0 Å². The number of halogens is 3. The Balaban J connectivity index is 2.01. The molecule has 0 spiro atoms. The molecule has 1 amide bonds. The topological polar surface area (TPSA) is 93.7 Å². The Bertz CT molecular complexity index is 979. The molecule has 0 bridgehead atoms. The Morgan fingerprint density at radius 2 is 1.81 bits per heavy atom. The summed E-state index contributed by atoms with van der Waals surface area (Å²) in [5.41, 5.74) is 0.289. The molecule has 0 fully saturated rings. The second-order valence-corrected chi connectivity index (χ2v) is 8.28. The summed E-state index contributed by atoms with van der Waals surface area (Å²) >= 11 is 0. The molecule has 170 valence electrons. The van der Waals surface area contributed by atoms with E-state index in [1.807, 2.05) is 6.92 Å². The molecular weight excluding hydrogens is 437 g/mol. The fourth-order valence-corrected chi connectivity index (χ4v) is 3.57. The highest BCUT2D eigenvalue weighted by Crippen LogP contribution is 2.20. The molecule has 31 heavy (non-hydrogen) atoms. The number of ether oxygens (including phenoxy) is 2. The summed E-state index contributed by atoms with van der Waals surface area (Å²) in [4.78, 5) is 12.3. The zero-order valence-corrected chi connectivity index (χ0v) is 17.7. The van der Waals surface area contributed by atoms with Crippen molar-refractivity contribution in [2.24, 2.45) is 0 Å². The van der Waals surface area contributed by atoms with E-state index in [9.17, 15) is 26.4 Å². The lowest BCUT2D eigenvalue weighted by molar-refractivity contribution is -0.174. The number of hydrogen-bond acceptors (Lipinski definition) is 5. The highest BCUT2D eigenvalue weighted by atomic mass is 32.2. The standard InChI is InChI=1S/C20H23F3N2O5S/c1-3-30-17-7-9-18(10-8-17)31(27,28)25-16-6-4-5-15(11-16)19(26)24-14(2)12-29-13-20(21,22)23/h4-11,14,25H,3,12-13H2,1-2H3,(H,24,26). The Morgan fingerprint density at radius 1 is 1.13 bits per heavy atom. The quantitative estimate of drug-likeness (QED) is 0.565. The van der Waals surface area contributed by atoms with Crippen molar-refractivity contribution in [3.05, 3.63) is 54.1 Å². The highest BCUT2D eigenvalue weighted by Gasteiger charge is 2.27. The smallest absolute Gasteiger partial charge is 0.411 e. The SMILES string of the molecule is CCOc1ccc(S(=O)(=O)Nc2cccc(C(=O)NC(C)COCC(F)(F)F)c2)cc1. The number of carbonyl (C=O) groups is 1. The fraction of sp³-hybridized carbons (Fsp3) is 0.350. The maximum Gasteiger partial charge on any atom is 0.411 e. The fourth-order valence-electron chi connectivity index (χ4n) is 2.52. The van der Waals surface area contributed by atoms with Crippen LogP contribution in [0.15, 0.2) is 53.4 Å². The molecule has 0 aliphatic heterocycles. The predicted octanol–water partition coefficient (Wildman–Crippen LogP) is 3.58.